The summed E-state index contributed by atoms with van der Waals surface area (Å²) < 4.78 is 0. The van der Waals surface area contributed by atoms with E-state index in [4.69, 9.17) is 0 Å². The third-order valence-electron chi connectivity index (χ3n) is 4.79. The maximum absolute atomic E-state index is 3.21. The predicted octanol–water partition coefficient (Wildman–Crippen LogP) is 6.61. The second-order valence-corrected chi connectivity index (χ2v) is 6.11. The summed E-state index contributed by atoms with van der Waals surface area (Å²) >= 11 is 0. The molecule has 1 radical (unpaired) electrons. The molecule has 0 aliphatic rings. The standard InChI is InChI=1S/C24H15/c1-2-9-17(10-3-1)18-15-8-16-23-21-12-5-4-11-19(21)20-13-6-7-14-22(20)24(18)23/h1-2,4-16H. The van der Waals surface area contributed by atoms with Gasteiger partial charge in [0.05, 0.1) is 0 Å². The molecule has 0 heteroatoms. The van der Waals surface area contributed by atoms with Crippen LogP contribution in [-0.2, 0) is 0 Å². The quantitative estimate of drug-likeness (QED) is 0.305. The molecule has 0 bridgehead atoms. The molecule has 0 amide bonds. The van der Waals surface area contributed by atoms with E-state index in [9.17, 15) is 0 Å². The Morgan fingerprint density at radius 2 is 1.08 bits per heavy atom. The van der Waals surface area contributed by atoms with Crippen LogP contribution in [0.1, 0.15) is 0 Å². The third-order valence-corrected chi connectivity index (χ3v) is 4.79. The van der Waals surface area contributed by atoms with Crippen molar-refractivity contribution >= 4 is 32.3 Å². The molecule has 0 heterocycles. The summed E-state index contributed by atoms with van der Waals surface area (Å²) in [6.07, 6.45) is 0. The molecular weight excluding hydrogens is 288 g/mol. The zero-order valence-corrected chi connectivity index (χ0v) is 13.2. The summed E-state index contributed by atoms with van der Waals surface area (Å²) in [5, 5.41) is 7.89. The van der Waals surface area contributed by atoms with Gasteiger partial charge >= 0.3 is 0 Å². The summed E-state index contributed by atoms with van der Waals surface area (Å²) in [5.74, 6) is 0. The highest BCUT2D eigenvalue weighted by Crippen LogP contribution is 2.39. The lowest BCUT2D eigenvalue weighted by Crippen LogP contribution is -1.86. The molecule has 0 atom stereocenters. The minimum Gasteiger partial charge on any atom is -0.0616 e. The topological polar surface area (TPSA) is 0 Å². The van der Waals surface area contributed by atoms with Gasteiger partial charge in [0.2, 0.25) is 0 Å². The Labute approximate surface area is 141 Å². The average molecular weight is 303 g/mol. The van der Waals surface area contributed by atoms with Gasteiger partial charge in [-0.3, -0.25) is 0 Å². The second-order valence-electron chi connectivity index (χ2n) is 6.11. The molecule has 111 valence electrons. The number of hydrogen-bond donors (Lipinski definition) is 0. The van der Waals surface area contributed by atoms with E-state index in [2.05, 4.69) is 91.0 Å². The van der Waals surface area contributed by atoms with Crippen LogP contribution in [0.3, 0.4) is 0 Å². The van der Waals surface area contributed by atoms with Crippen LogP contribution in [0.4, 0.5) is 0 Å². The van der Waals surface area contributed by atoms with E-state index in [1.807, 2.05) is 6.07 Å². The Hall–Kier alpha value is -3.12. The fraction of sp³-hybridized carbons (Fsp3) is 0. The van der Waals surface area contributed by atoms with Crippen molar-refractivity contribution < 1.29 is 0 Å². The van der Waals surface area contributed by atoms with Gasteiger partial charge in [0, 0.05) is 0 Å². The van der Waals surface area contributed by atoms with Crippen molar-refractivity contribution in [2.45, 2.75) is 0 Å². The van der Waals surface area contributed by atoms with Crippen LogP contribution in [0.25, 0.3) is 43.4 Å². The first-order chi connectivity index (χ1) is 11.9. The molecule has 24 heavy (non-hydrogen) atoms. The lowest BCUT2D eigenvalue weighted by Gasteiger charge is -2.14. The predicted molar refractivity (Wildman–Crippen MR) is 103 cm³/mol. The Balaban J connectivity index is 2.09. The summed E-state index contributed by atoms with van der Waals surface area (Å²) in [4.78, 5) is 0. The minimum atomic E-state index is 1.21. The minimum absolute atomic E-state index is 1.21. The maximum atomic E-state index is 3.21. The summed E-state index contributed by atoms with van der Waals surface area (Å²) in [6.45, 7) is 0. The van der Waals surface area contributed by atoms with Gasteiger partial charge in [-0.1, -0.05) is 84.9 Å². The lowest BCUT2D eigenvalue weighted by atomic mass is 9.89. The summed E-state index contributed by atoms with van der Waals surface area (Å²) in [5.41, 5.74) is 2.48. The van der Waals surface area contributed by atoms with Crippen LogP contribution in [0.15, 0.2) is 91.0 Å². The van der Waals surface area contributed by atoms with Crippen molar-refractivity contribution in [2.24, 2.45) is 0 Å². The van der Waals surface area contributed by atoms with Gasteiger partial charge in [-0.05, 0) is 55.6 Å². The van der Waals surface area contributed by atoms with Crippen LogP contribution in [-0.4, -0.2) is 0 Å². The maximum Gasteiger partial charge on any atom is -0.00204 e. The van der Waals surface area contributed by atoms with Gasteiger partial charge in [-0.15, -0.1) is 0 Å². The first-order valence-corrected chi connectivity index (χ1v) is 8.22. The number of hydrogen-bond acceptors (Lipinski definition) is 0. The normalized spacial score (nSPS) is 11.3. The SMILES string of the molecule is [c]1cccc(-c2cccc3c4ccccc4c4ccccc4c23)c1. The highest BCUT2D eigenvalue weighted by Gasteiger charge is 2.11. The van der Waals surface area contributed by atoms with E-state index in [1.54, 1.807) is 0 Å². The van der Waals surface area contributed by atoms with Crippen molar-refractivity contribution in [3.63, 3.8) is 0 Å². The fourth-order valence-corrected chi connectivity index (χ4v) is 3.76. The Morgan fingerprint density at radius 3 is 1.71 bits per heavy atom. The molecule has 0 saturated carbocycles. The molecule has 5 rings (SSSR count). The van der Waals surface area contributed by atoms with E-state index in [1.165, 1.54) is 43.4 Å². The first kappa shape index (κ1) is 13.3. The van der Waals surface area contributed by atoms with Crippen molar-refractivity contribution in [3.05, 3.63) is 97.1 Å². The Morgan fingerprint density at radius 1 is 0.500 bits per heavy atom. The molecule has 0 aliphatic heterocycles. The van der Waals surface area contributed by atoms with Crippen LogP contribution < -0.4 is 0 Å². The fourth-order valence-electron chi connectivity index (χ4n) is 3.76. The molecule has 0 aromatic heterocycles. The molecule has 5 aromatic carbocycles. The van der Waals surface area contributed by atoms with Crippen molar-refractivity contribution in [1.29, 1.82) is 0 Å². The van der Waals surface area contributed by atoms with Crippen LogP contribution >= 0.6 is 0 Å². The Bertz CT molecular complexity index is 1140. The van der Waals surface area contributed by atoms with Crippen LogP contribution in [0.2, 0.25) is 0 Å². The van der Waals surface area contributed by atoms with Gasteiger partial charge in [0.25, 0.3) is 0 Å². The monoisotopic (exact) mass is 303 g/mol. The van der Waals surface area contributed by atoms with E-state index >= 15 is 0 Å². The molecule has 0 saturated heterocycles. The Kier molecular flexibility index (Phi) is 2.89. The van der Waals surface area contributed by atoms with Crippen LogP contribution in [0, 0.1) is 6.07 Å². The molecule has 0 spiro atoms. The summed E-state index contributed by atoms with van der Waals surface area (Å²) in [7, 11) is 0. The van der Waals surface area contributed by atoms with Gasteiger partial charge in [0.15, 0.2) is 0 Å². The van der Waals surface area contributed by atoms with Gasteiger partial charge < -0.3 is 0 Å². The molecule has 5 aromatic rings. The molecule has 0 nitrogen and oxygen atoms in total. The largest absolute Gasteiger partial charge is 0.0616 e. The second kappa shape index (κ2) is 5.21. The number of fused-ring (bicyclic) bond motifs is 6. The van der Waals surface area contributed by atoms with Gasteiger partial charge in [-0.25, -0.2) is 0 Å². The van der Waals surface area contributed by atoms with Crippen molar-refractivity contribution in [3.8, 4) is 11.1 Å². The number of rotatable bonds is 1. The smallest absolute Gasteiger partial charge is 0.00204 e. The van der Waals surface area contributed by atoms with Crippen molar-refractivity contribution in [2.75, 3.05) is 0 Å². The molecular formula is C24H15. The van der Waals surface area contributed by atoms with E-state index in [0.717, 1.165) is 0 Å². The zero-order chi connectivity index (χ0) is 15.9. The van der Waals surface area contributed by atoms with Gasteiger partial charge in [0.1, 0.15) is 0 Å². The molecule has 0 unspecified atom stereocenters. The molecule has 0 aliphatic carbocycles. The lowest BCUT2D eigenvalue weighted by molar-refractivity contribution is 1.65. The van der Waals surface area contributed by atoms with Crippen LogP contribution in [0.5, 0.6) is 0 Å². The van der Waals surface area contributed by atoms with Gasteiger partial charge in [-0.2, -0.15) is 0 Å². The van der Waals surface area contributed by atoms with E-state index in [-0.39, 0.29) is 0 Å². The molecule has 0 N–H and O–H groups in total. The van der Waals surface area contributed by atoms with Crippen molar-refractivity contribution in [1.82, 2.24) is 0 Å². The first-order valence-electron chi connectivity index (χ1n) is 8.22. The third kappa shape index (κ3) is 1.87. The average Bonchev–Trinajstić information content (AvgIpc) is 2.68. The van der Waals surface area contributed by atoms with E-state index < -0.39 is 0 Å². The summed E-state index contributed by atoms with van der Waals surface area (Å²) in [6, 6.07) is 35.5. The van der Waals surface area contributed by atoms with E-state index in [0.29, 0.717) is 0 Å². The highest BCUT2D eigenvalue weighted by molar-refractivity contribution is 6.28. The number of benzene rings is 5. The highest BCUT2D eigenvalue weighted by atomic mass is 14.1. The molecule has 0 fully saturated rings. The zero-order valence-electron chi connectivity index (χ0n) is 13.2.